The maximum absolute atomic E-state index is 12.5. The second kappa shape index (κ2) is 5.25. The zero-order valence-electron chi connectivity index (χ0n) is 11.9. The average Bonchev–Trinajstić information content (AvgIpc) is 2.82. The number of nitrogens with zero attached hydrogens (tertiary/aromatic N) is 2. The maximum Gasteiger partial charge on any atom is 0.352 e. The van der Waals surface area contributed by atoms with E-state index < -0.39 is 16.0 Å². The summed E-state index contributed by atoms with van der Waals surface area (Å²) in [6.07, 6.45) is 1.30. The Morgan fingerprint density at radius 1 is 1.24 bits per heavy atom. The molecule has 0 saturated carbocycles. The quantitative estimate of drug-likeness (QED) is 0.935. The predicted octanol–water partition coefficient (Wildman–Crippen LogP) is 1.86. The molecule has 1 N–H and O–H groups in total. The van der Waals surface area contributed by atoms with E-state index >= 15 is 0 Å². The fourth-order valence-corrected chi connectivity index (χ4v) is 3.21. The van der Waals surface area contributed by atoms with Gasteiger partial charge in [0.05, 0.1) is 5.69 Å². The van der Waals surface area contributed by atoms with Crippen LogP contribution in [0.4, 0.5) is 5.69 Å². The molecule has 0 aliphatic carbocycles. The van der Waals surface area contributed by atoms with Gasteiger partial charge in [-0.3, -0.25) is 4.31 Å². The average molecular weight is 308 g/mol. The lowest BCUT2D eigenvalue weighted by Crippen LogP contribution is -2.26. The summed E-state index contributed by atoms with van der Waals surface area (Å²) in [6, 6.07) is 8.19. The first-order valence-electron chi connectivity index (χ1n) is 6.18. The standard InChI is InChI=1S/C14H16N2O4S/c1-10-4-6-11(7-5-10)16(3)21(19,20)12-8-13(14(17)18)15(2)9-12/h4-9H,1-3H3,(H,17,18). The van der Waals surface area contributed by atoms with Crippen molar-refractivity contribution < 1.29 is 18.3 Å². The molecule has 0 aliphatic rings. The molecule has 1 aromatic heterocycles. The highest BCUT2D eigenvalue weighted by atomic mass is 32.2. The van der Waals surface area contributed by atoms with E-state index in [-0.39, 0.29) is 10.6 Å². The minimum absolute atomic E-state index is 0.0505. The Labute approximate surface area is 123 Å². The van der Waals surface area contributed by atoms with Gasteiger partial charge in [-0.25, -0.2) is 13.2 Å². The summed E-state index contributed by atoms with van der Waals surface area (Å²) in [5.74, 6) is -1.17. The predicted molar refractivity (Wildman–Crippen MR) is 79.1 cm³/mol. The van der Waals surface area contributed by atoms with Crippen LogP contribution in [0.15, 0.2) is 41.4 Å². The molecule has 0 saturated heterocycles. The Kier molecular flexibility index (Phi) is 3.78. The molecule has 1 aromatic carbocycles. The molecule has 6 nitrogen and oxygen atoms in total. The molecule has 0 unspecified atom stereocenters. The maximum atomic E-state index is 12.5. The van der Waals surface area contributed by atoms with E-state index in [1.807, 2.05) is 19.1 Å². The zero-order valence-corrected chi connectivity index (χ0v) is 12.8. The van der Waals surface area contributed by atoms with Crippen LogP contribution >= 0.6 is 0 Å². The van der Waals surface area contributed by atoms with Gasteiger partial charge in [-0.05, 0) is 25.1 Å². The number of hydrogen-bond acceptors (Lipinski definition) is 3. The van der Waals surface area contributed by atoms with Crippen molar-refractivity contribution in [2.24, 2.45) is 7.05 Å². The number of benzene rings is 1. The number of carboxylic acid groups (broad SMARTS) is 1. The van der Waals surface area contributed by atoms with Gasteiger partial charge in [0.1, 0.15) is 10.6 Å². The Hall–Kier alpha value is -2.28. The van der Waals surface area contributed by atoms with Crippen molar-refractivity contribution in [3.63, 3.8) is 0 Å². The Bertz CT molecular complexity index is 776. The highest BCUT2D eigenvalue weighted by molar-refractivity contribution is 7.92. The monoisotopic (exact) mass is 308 g/mol. The first-order chi connectivity index (χ1) is 9.73. The van der Waals surface area contributed by atoms with Crippen molar-refractivity contribution in [3.05, 3.63) is 47.8 Å². The lowest BCUT2D eigenvalue weighted by molar-refractivity contribution is 0.0686. The van der Waals surface area contributed by atoms with Crippen LogP contribution in [0.5, 0.6) is 0 Å². The third-order valence-electron chi connectivity index (χ3n) is 3.25. The van der Waals surface area contributed by atoms with Gasteiger partial charge >= 0.3 is 5.97 Å². The van der Waals surface area contributed by atoms with Crippen molar-refractivity contribution in [1.29, 1.82) is 0 Å². The highest BCUT2D eigenvalue weighted by Crippen LogP contribution is 2.23. The lowest BCUT2D eigenvalue weighted by Gasteiger charge is -2.18. The van der Waals surface area contributed by atoms with E-state index in [2.05, 4.69) is 0 Å². The first kappa shape index (κ1) is 15.1. The summed E-state index contributed by atoms with van der Waals surface area (Å²) in [4.78, 5) is 11.0. The minimum Gasteiger partial charge on any atom is -0.477 e. The normalized spacial score (nSPS) is 11.4. The fourth-order valence-electron chi connectivity index (χ4n) is 1.94. The second-order valence-electron chi connectivity index (χ2n) is 4.79. The van der Waals surface area contributed by atoms with Crippen molar-refractivity contribution >= 4 is 21.7 Å². The van der Waals surface area contributed by atoms with E-state index in [0.29, 0.717) is 5.69 Å². The van der Waals surface area contributed by atoms with Gasteiger partial charge in [-0.15, -0.1) is 0 Å². The van der Waals surface area contributed by atoms with Gasteiger partial charge in [0.15, 0.2) is 0 Å². The summed E-state index contributed by atoms with van der Waals surface area (Å²) >= 11 is 0. The van der Waals surface area contributed by atoms with Crippen LogP contribution < -0.4 is 4.31 Å². The number of rotatable bonds is 4. The van der Waals surface area contributed by atoms with Crippen molar-refractivity contribution in [2.45, 2.75) is 11.8 Å². The number of carboxylic acids is 1. The SMILES string of the molecule is Cc1ccc(N(C)S(=O)(=O)c2cc(C(=O)O)n(C)c2)cc1. The van der Waals surface area contributed by atoms with Crippen molar-refractivity contribution in [1.82, 2.24) is 4.57 Å². The fraction of sp³-hybridized carbons (Fsp3) is 0.214. The summed E-state index contributed by atoms with van der Waals surface area (Å²) in [6.45, 7) is 1.91. The van der Waals surface area contributed by atoms with Gasteiger partial charge in [0.2, 0.25) is 0 Å². The van der Waals surface area contributed by atoms with Crippen LogP contribution in [0.2, 0.25) is 0 Å². The molecule has 0 bridgehead atoms. The van der Waals surface area contributed by atoms with Gasteiger partial charge in [-0.2, -0.15) is 0 Å². The van der Waals surface area contributed by atoms with Crippen LogP contribution in [0.3, 0.4) is 0 Å². The molecule has 0 atom stereocenters. The van der Waals surface area contributed by atoms with Crippen molar-refractivity contribution in [2.75, 3.05) is 11.4 Å². The molecular formula is C14H16N2O4S. The molecule has 0 amide bonds. The minimum atomic E-state index is -3.79. The number of hydrogen-bond donors (Lipinski definition) is 1. The smallest absolute Gasteiger partial charge is 0.352 e. The summed E-state index contributed by atoms with van der Waals surface area (Å²) < 4.78 is 27.5. The highest BCUT2D eigenvalue weighted by Gasteiger charge is 2.25. The summed E-state index contributed by atoms with van der Waals surface area (Å²) in [7, 11) is -0.859. The van der Waals surface area contributed by atoms with Crippen LogP contribution in [0.25, 0.3) is 0 Å². The Balaban J connectivity index is 2.44. The molecule has 0 radical (unpaired) electrons. The van der Waals surface area contributed by atoms with Gasteiger partial charge in [-0.1, -0.05) is 17.7 Å². The Morgan fingerprint density at radius 3 is 2.29 bits per heavy atom. The molecular weight excluding hydrogens is 292 g/mol. The number of aryl methyl sites for hydroxylation is 2. The first-order valence-corrected chi connectivity index (χ1v) is 7.63. The molecule has 0 fully saturated rings. The Morgan fingerprint density at radius 2 is 1.81 bits per heavy atom. The second-order valence-corrected chi connectivity index (χ2v) is 6.75. The van der Waals surface area contributed by atoms with Gasteiger partial charge < -0.3 is 9.67 Å². The number of aromatic carboxylic acids is 1. The van der Waals surface area contributed by atoms with Crippen LogP contribution in [0.1, 0.15) is 16.1 Å². The molecule has 1 heterocycles. The largest absolute Gasteiger partial charge is 0.477 e. The van der Waals surface area contributed by atoms with E-state index in [1.54, 1.807) is 12.1 Å². The number of carbonyl (C=O) groups is 1. The topological polar surface area (TPSA) is 79.6 Å². The molecule has 112 valence electrons. The third-order valence-corrected chi connectivity index (χ3v) is 5.01. The summed E-state index contributed by atoms with van der Waals surface area (Å²) in [5.41, 5.74) is 1.46. The molecule has 0 spiro atoms. The van der Waals surface area contributed by atoms with E-state index in [1.165, 1.54) is 24.9 Å². The molecule has 0 aliphatic heterocycles. The number of sulfonamides is 1. The molecule has 2 rings (SSSR count). The zero-order chi connectivity index (χ0) is 15.8. The molecule has 21 heavy (non-hydrogen) atoms. The van der Waals surface area contributed by atoms with E-state index in [0.717, 1.165) is 15.9 Å². The van der Waals surface area contributed by atoms with E-state index in [9.17, 15) is 13.2 Å². The molecule has 7 heteroatoms. The molecule has 2 aromatic rings. The number of anilines is 1. The van der Waals surface area contributed by atoms with E-state index in [4.69, 9.17) is 5.11 Å². The number of aromatic nitrogens is 1. The van der Waals surface area contributed by atoms with Crippen LogP contribution in [-0.2, 0) is 17.1 Å². The summed E-state index contributed by atoms with van der Waals surface area (Å²) in [5, 5.41) is 9.00. The van der Waals surface area contributed by atoms with Crippen LogP contribution in [-0.4, -0.2) is 31.1 Å². The lowest BCUT2D eigenvalue weighted by atomic mass is 10.2. The van der Waals surface area contributed by atoms with Gasteiger partial charge in [0.25, 0.3) is 10.0 Å². The third kappa shape index (κ3) is 2.78. The van der Waals surface area contributed by atoms with Crippen molar-refractivity contribution in [3.8, 4) is 0 Å². The van der Waals surface area contributed by atoms with Crippen LogP contribution in [0, 0.1) is 6.92 Å². The van der Waals surface area contributed by atoms with Gasteiger partial charge in [0, 0.05) is 20.3 Å².